The smallest absolute Gasteiger partial charge is 0.0607 e. The molecule has 0 aliphatic rings. The molecule has 0 saturated carbocycles. The fourth-order valence-electron chi connectivity index (χ4n) is 2.07. The van der Waals surface area contributed by atoms with Crippen LogP contribution in [0.4, 0.5) is 0 Å². The molecule has 19 heavy (non-hydrogen) atoms. The van der Waals surface area contributed by atoms with Crippen molar-refractivity contribution < 1.29 is 0 Å². The number of hydrogen-bond donors (Lipinski definition) is 1. The van der Waals surface area contributed by atoms with E-state index in [0.717, 1.165) is 13.0 Å². The van der Waals surface area contributed by atoms with E-state index in [1.54, 1.807) is 11.3 Å². The zero-order valence-corrected chi connectivity index (χ0v) is 15.0. The Kier molecular flexibility index (Phi) is 5.63. The van der Waals surface area contributed by atoms with Crippen molar-refractivity contribution in [2.45, 2.75) is 26.3 Å². The fourth-order valence-corrected chi connectivity index (χ4v) is 4.11. The molecule has 0 radical (unpaired) electrons. The molecule has 0 aliphatic carbocycles. The van der Waals surface area contributed by atoms with E-state index >= 15 is 0 Å². The van der Waals surface area contributed by atoms with Gasteiger partial charge in [-0.25, -0.2) is 0 Å². The Labute approximate surface area is 135 Å². The van der Waals surface area contributed by atoms with Crippen LogP contribution in [0.1, 0.15) is 36.1 Å². The van der Waals surface area contributed by atoms with Gasteiger partial charge in [-0.05, 0) is 57.9 Å². The molecule has 4 heteroatoms. The van der Waals surface area contributed by atoms with Gasteiger partial charge in [0.05, 0.1) is 6.04 Å². The molecule has 1 nitrogen and oxygen atoms in total. The summed E-state index contributed by atoms with van der Waals surface area (Å²) in [7, 11) is 0. The maximum absolute atomic E-state index is 3.73. The molecule has 0 spiro atoms. The molecule has 1 N–H and O–H groups in total. The van der Waals surface area contributed by atoms with E-state index in [1.165, 1.54) is 25.6 Å². The van der Waals surface area contributed by atoms with E-state index in [9.17, 15) is 0 Å². The molecule has 0 saturated heterocycles. The predicted molar refractivity (Wildman–Crippen MR) is 91.0 cm³/mol. The zero-order valence-electron chi connectivity index (χ0n) is 11.0. The van der Waals surface area contributed by atoms with Crippen molar-refractivity contribution in [1.29, 1.82) is 0 Å². The van der Waals surface area contributed by atoms with Crippen LogP contribution >= 0.6 is 43.2 Å². The summed E-state index contributed by atoms with van der Waals surface area (Å²) in [5.41, 5.74) is 3.88. The van der Waals surface area contributed by atoms with Crippen LogP contribution in [0.25, 0.3) is 0 Å². The molecule has 1 aromatic carbocycles. The van der Waals surface area contributed by atoms with E-state index in [4.69, 9.17) is 0 Å². The minimum atomic E-state index is 0.231. The minimum absolute atomic E-state index is 0.231. The van der Waals surface area contributed by atoms with E-state index < -0.39 is 0 Å². The second-order valence-electron chi connectivity index (χ2n) is 4.54. The van der Waals surface area contributed by atoms with Gasteiger partial charge in [-0.2, -0.15) is 11.3 Å². The summed E-state index contributed by atoms with van der Waals surface area (Å²) in [6.07, 6.45) is 1.13. The van der Waals surface area contributed by atoms with Gasteiger partial charge >= 0.3 is 0 Å². The first-order valence-electron chi connectivity index (χ1n) is 6.35. The highest BCUT2D eigenvalue weighted by Gasteiger charge is 2.19. The van der Waals surface area contributed by atoms with Crippen molar-refractivity contribution in [2.75, 3.05) is 6.54 Å². The molecule has 0 fully saturated rings. The van der Waals surface area contributed by atoms with Gasteiger partial charge in [0.1, 0.15) is 0 Å². The highest BCUT2D eigenvalue weighted by molar-refractivity contribution is 9.11. The van der Waals surface area contributed by atoms with Gasteiger partial charge in [0.25, 0.3) is 0 Å². The molecule has 2 aromatic rings. The van der Waals surface area contributed by atoms with Gasteiger partial charge < -0.3 is 5.32 Å². The van der Waals surface area contributed by atoms with Crippen molar-refractivity contribution in [3.05, 3.63) is 54.6 Å². The van der Waals surface area contributed by atoms with E-state index in [-0.39, 0.29) is 6.04 Å². The van der Waals surface area contributed by atoms with Gasteiger partial charge in [0, 0.05) is 14.3 Å². The van der Waals surface area contributed by atoms with E-state index in [2.05, 4.69) is 80.0 Å². The summed E-state index contributed by atoms with van der Waals surface area (Å²) in [5.74, 6) is 0. The predicted octanol–water partition coefficient (Wildman–Crippen LogP) is 5.67. The van der Waals surface area contributed by atoms with Gasteiger partial charge in [-0.1, -0.05) is 41.1 Å². The summed E-state index contributed by atoms with van der Waals surface area (Å²) in [6.45, 7) is 5.33. The normalized spacial score (nSPS) is 12.6. The maximum atomic E-state index is 3.73. The number of aryl methyl sites for hydroxylation is 1. The lowest BCUT2D eigenvalue weighted by atomic mass is 9.99. The lowest BCUT2D eigenvalue weighted by molar-refractivity contribution is 0.596. The van der Waals surface area contributed by atoms with Crippen LogP contribution in [0.15, 0.2) is 37.9 Å². The summed E-state index contributed by atoms with van der Waals surface area (Å²) >= 11 is 9.12. The Bertz CT molecular complexity index is 551. The molecule has 1 heterocycles. The number of halogens is 2. The maximum Gasteiger partial charge on any atom is 0.0607 e. The van der Waals surface area contributed by atoms with Crippen LogP contribution in [0.3, 0.4) is 0 Å². The standard InChI is InChI=1S/C15H17Br2NS/c1-3-7-18-15(12-8-19-9-13(12)16)11-6-4-5-10(2)14(11)17/h4-6,8-9,15,18H,3,7H2,1-2H3. The number of hydrogen-bond acceptors (Lipinski definition) is 2. The summed E-state index contributed by atoms with van der Waals surface area (Å²) in [5, 5.41) is 8.00. The minimum Gasteiger partial charge on any atom is -0.306 e. The van der Waals surface area contributed by atoms with Crippen molar-refractivity contribution in [3.8, 4) is 0 Å². The molecular weight excluding hydrogens is 386 g/mol. The molecule has 0 bridgehead atoms. The third-order valence-corrected chi connectivity index (χ3v) is 5.92. The highest BCUT2D eigenvalue weighted by Crippen LogP contribution is 2.35. The Morgan fingerprint density at radius 2 is 2.00 bits per heavy atom. The highest BCUT2D eigenvalue weighted by atomic mass is 79.9. The van der Waals surface area contributed by atoms with Gasteiger partial charge in [-0.15, -0.1) is 0 Å². The van der Waals surface area contributed by atoms with E-state index in [0.29, 0.717) is 0 Å². The quantitative estimate of drug-likeness (QED) is 0.679. The molecule has 102 valence electrons. The molecular formula is C15H17Br2NS. The van der Waals surface area contributed by atoms with E-state index in [1.807, 2.05) is 0 Å². The summed E-state index contributed by atoms with van der Waals surface area (Å²) in [6, 6.07) is 6.67. The molecule has 1 aromatic heterocycles. The Hall–Kier alpha value is -0.160. The monoisotopic (exact) mass is 401 g/mol. The van der Waals surface area contributed by atoms with Gasteiger partial charge in [0.15, 0.2) is 0 Å². The number of benzene rings is 1. The first kappa shape index (κ1) is 15.2. The Morgan fingerprint density at radius 1 is 1.21 bits per heavy atom. The van der Waals surface area contributed by atoms with Crippen molar-refractivity contribution in [1.82, 2.24) is 5.32 Å². The largest absolute Gasteiger partial charge is 0.306 e. The van der Waals surface area contributed by atoms with Crippen molar-refractivity contribution >= 4 is 43.2 Å². The topological polar surface area (TPSA) is 12.0 Å². The average molecular weight is 403 g/mol. The van der Waals surface area contributed by atoms with Crippen LogP contribution in [-0.2, 0) is 0 Å². The van der Waals surface area contributed by atoms with Crippen LogP contribution in [0.2, 0.25) is 0 Å². The Morgan fingerprint density at radius 3 is 2.63 bits per heavy atom. The average Bonchev–Trinajstić information content (AvgIpc) is 2.81. The van der Waals surface area contributed by atoms with Crippen molar-refractivity contribution in [3.63, 3.8) is 0 Å². The number of thiophene rings is 1. The van der Waals surface area contributed by atoms with Crippen LogP contribution in [-0.4, -0.2) is 6.54 Å². The molecule has 0 aliphatic heterocycles. The second-order valence-corrected chi connectivity index (χ2v) is 6.93. The third-order valence-electron chi connectivity index (χ3n) is 3.08. The van der Waals surface area contributed by atoms with Gasteiger partial charge in [0.2, 0.25) is 0 Å². The van der Waals surface area contributed by atoms with Gasteiger partial charge in [-0.3, -0.25) is 0 Å². The SMILES string of the molecule is CCCNC(c1cscc1Br)c1cccc(C)c1Br. The Balaban J connectivity index is 2.43. The fraction of sp³-hybridized carbons (Fsp3) is 0.333. The van der Waals surface area contributed by atoms with Crippen LogP contribution < -0.4 is 5.32 Å². The molecule has 0 amide bonds. The summed E-state index contributed by atoms with van der Waals surface area (Å²) < 4.78 is 2.38. The lowest BCUT2D eigenvalue weighted by Crippen LogP contribution is -2.23. The summed E-state index contributed by atoms with van der Waals surface area (Å²) in [4.78, 5) is 0. The molecule has 1 atom stereocenters. The lowest BCUT2D eigenvalue weighted by Gasteiger charge is -2.21. The zero-order chi connectivity index (χ0) is 13.8. The first-order valence-corrected chi connectivity index (χ1v) is 8.88. The molecule has 2 rings (SSSR count). The van der Waals surface area contributed by atoms with Crippen LogP contribution in [0.5, 0.6) is 0 Å². The molecule has 1 unspecified atom stereocenters. The third kappa shape index (κ3) is 3.48. The number of nitrogens with one attached hydrogen (secondary N) is 1. The first-order chi connectivity index (χ1) is 9.15. The second kappa shape index (κ2) is 7.02. The number of rotatable bonds is 5. The van der Waals surface area contributed by atoms with Crippen molar-refractivity contribution in [2.24, 2.45) is 0 Å². The van der Waals surface area contributed by atoms with Crippen LogP contribution in [0, 0.1) is 6.92 Å².